The lowest BCUT2D eigenvalue weighted by Gasteiger charge is -2.35. The number of aromatic amines is 1. The van der Waals surface area contributed by atoms with Gasteiger partial charge >= 0.3 is 0 Å². The average molecular weight is 395 g/mol. The minimum Gasteiger partial charge on any atom is -0.381 e. The Hall–Kier alpha value is -2.96. The zero-order valence-corrected chi connectivity index (χ0v) is 16.4. The highest BCUT2D eigenvalue weighted by atomic mass is 16.5. The van der Waals surface area contributed by atoms with Gasteiger partial charge in [0.05, 0.1) is 32.1 Å². The third-order valence-corrected chi connectivity index (χ3v) is 5.40. The molecular formula is C20H25N7O2. The zero-order chi connectivity index (χ0) is 20.2. The van der Waals surface area contributed by atoms with Gasteiger partial charge in [-0.1, -0.05) is 6.57 Å². The normalized spacial score (nSPS) is 22.1. The topological polar surface area (TPSA) is 104 Å². The van der Waals surface area contributed by atoms with Crippen LogP contribution in [0.4, 0.5) is 17.5 Å². The Labute approximate surface area is 169 Å². The van der Waals surface area contributed by atoms with Crippen LogP contribution in [0.5, 0.6) is 0 Å². The van der Waals surface area contributed by atoms with E-state index in [2.05, 4.69) is 32.2 Å². The Bertz CT molecular complexity index is 900. The van der Waals surface area contributed by atoms with Gasteiger partial charge in [-0.05, 0) is 31.4 Å². The summed E-state index contributed by atoms with van der Waals surface area (Å²) in [6, 6.07) is 4.02. The van der Waals surface area contributed by atoms with E-state index in [1.807, 2.05) is 6.07 Å². The minimum atomic E-state index is -0.123. The van der Waals surface area contributed by atoms with Crippen LogP contribution in [0.25, 0.3) is 4.85 Å². The van der Waals surface area contributed by atoms with Crippen LogP contribution in [-0.4, -0.2) is 60.0 Å². The average Bonchev–Trinajstić information content (AvgIpc) is 3.27. The Kier molecular flexibility index (Phi) is 5.74. The SMILES string of the molecule is [C-]#[N+]C(=N)c1c(C2CCCOC2)cc(N2CCOC[C@H]2C)nc1Nc1ccn[nH]1. The summed E-state index contributed by atoms with van der Waals surface area (Å²) in [5.74, 6) is 1.98. The Morgan fingerprint density at radius 3 is 2.93 bits per heavy atom. The van der Waals surface area contributed by atoms with Crippen molar-refractivity contribution in [3.8, 4) is 0 Å². The minimum absolute atomic E-state index is 0.123. The molecule has 2 saturated heterocycles. The second-order valence-corrected chi connectivity index (χ2v) is 7.38. The van der Waals surface area contributed by atoms with Crippen LogP contribution in [0, 0.1) is 12.0 Å². The van der Waals surface area contributed by atoms with Gasteiger partial charge in [-0.25, -0.2) is 4.98 Å². The number of aromatic nitrogens is 3. The molecule has 2 aromatic rings. The molecule has 0 bridgehead atoms. The Balaban J connectivity index is 1.84. The van der Waals surface area contributed by atoms with Gasteiger partial charge in [-0.2, -0.15) is 10.5 Å². The first-order valence-electron chi connectivity index (χ1n) is 9.87. The van der Waals surface area contributed by atoms with E-state index in [9.17, 15) is 0 Å². The summed E-state index contributed by atoms with van der Waals surface area (Å²) in [6.07, 6.45) is 3.57. The molecule has 2 aliphatic heterocycles. The van der Waals surface area contributed by atoms with Crippen molar-refractivity contribution in [3.05, 3.63) is 40.9 Å². The fourth-order valence-corrected chi connectivity index (χ4v) is 3.92. The fraction of sp³-hybridized carbons (Fsp3) is 0.500. The van der Waals surface area contributed by atoms with Crippen molar-refractivity contribution in [1.29, 1.82) is 5.41 Å². The number of anilines is 3. The van der Waals surface area contributed by atoms with Gasteiger partial charge in [0.2, 0.25) is 0 Å². The van der Waals surface area contributed by atoms with E-state index in [0.29, 0.717) is 37.0 Å². The van der Waals surface area contributed by atoms with Crippen molar-refractivity contribution in [2.24, 2.45) is 0 Å². The highest BCUT2D eigenvalue weighted by molar-refractivity contribution is 6.09. The molecule has 1 unspecified atom stereocenters. The van der Waals surface area contributed by atoms with Crippen LogP contribution in [0.3, 0.4) is 0 Å². The molecule has 0 saturated carbocycles. The summed E-state index contributed by atoms with van der Waals surface area (Å²) < 4.78 is 11.3. The maximum absolute atomic E-state index is 8.33. The molecule has 3 N–H and O–H groups in total. The number of ether oxygens (including phenoxy) is 2. The van der Waals surface area contributed by atoms with Gasteiger partial charge in [0.25, 0.3) is 5.84 Å². The van der Waals surface area contributed by atoms with E-state index in [-0.39, 0.29) is 17.8 Å². The maximum Gasteiger partial charge on any atom is 0.273 e. The molecule has 152 valence electrons. The Morgan fingerprint density at radius 2 is 2.24 bits per heavy atom. The molecule has 2 atom stereocenters. The number of hydrogen-bond donors (Lipinski definition) is 3. The summed E-state index contributed by atoms with van der Waals surface area (Å²) in [4.78, 5) is 10.5. The lowest BCUT2D eigenvalue weighted by atomic mass is 9.89. The number of H-pyrrole nitrogens is 1. The molecule has 29 heavy (non-hydrogen) atoms. The molecular weight excluding hydrogens is 370 g/mol. The number of amidine groups is 1. The van der Waals surface area contributed by atoms with Gasteiger partial charge in [0.15, 0.2) is 0 Å². The first-order valence-corrected chi connectivity index (χ1v) is 9.87. The molecule has 0 amide bonds. The first kappa shape index (κ1) is 19.4. The van der Waals surface area contributed by atoms with Crippen molar-refractivity contribution in [1.82, 2.24) is 15.2 Å². The molecule has 2 aliphatic rings. The van der Waals surface area contributed by atoms with Gasteiger partial charge in [-0.3, -0.25) is 5.10 Å². The molecule has 0 aliphatic carbocycles. The van der Waals surface area contributed by atoms with E-state index >= 15 is 0 Å². The Morgan fingerprint density at radius 1 is 1.38 bits per heavy atom. The fourth-order valence-electron chi connectivity index (χ4n) is 3.92. The monoisotopic (exact) mass is 395 g/mol. The van der Waals surface area contributed by atoms with Gasteiger partial charge in [0, 0.05) is 30.7 Å². The number of hydrogen-bond acceptors (Lipinski definition) is 7. The first-order chi connectivity index (χ1) is 14.2. The van der Waals surface area contributed by atoms with E-state index in [1.165, 1.54) is 0 Å². The molecule has 4 heterocycles. The smallest absolute Gasteiger partial charge is 0.273 e. The number of morpholine rings is 1. The molecule has 0 radical (unpaired) electrons. The lowest BCUT2D eigenvalue weighted by Crippen LogP contribution is -2.44. The highest BCUT2D eigenvalue weighted by Crippen LogP contribution is 2.36. The molecule has 0 aromatic carbocycles. The molecule has 9 heteroatoms. The van der Waals surface area contributed by atoms with Crippen LogP contribution in [-0.2, 0) is 9.47 Å². The van der Waals surface area contributed by atoms with E-state index in [1.54, 1.807) is 12.3 Å². The van der Waals surface area contributed by atoms with Crippen LogP contribution < -0.4 is 10.2 Å². The maximum atomic E-state index is 8.33. The largest absolute Gasteiger partial charge is 0.381 e. The quantitative estimate of drug-likeness (QED) is 0.409. The number of pyridine rings is 1. The molecule has 4 rings (SSSR count). The number of nitrogens with zero attached hydrogens (tertiary/aromatic N) is 4. The van der Waals surface area contributed by atoms with Crippen molar-refractivity contribution in [2.75, 3.05) is 43.2 Å². The van der Waals surface area contributed by atoms with Gasteiger partial charge < -0.3 is 24.5 Å². The third kappa shape index (κ3) is 4.09. The summed E-state index contributed by atoms with van der Waals surface area (Å²) in [5.41, 5.74) is 1.48. The summed E-state index contributed by atoms with van der Waals surface area (Å²) in [6.45, 7) is 12.9. The molecule has 0 spiro atoms. The third-order valence-electron chi connectivity index (χ3n) is 5.40. The van der Waals surface area contributed by atoms with Crippen molar-refractivity contribution < 1.29 is 9.47 Å². The van der Waals surface area contributed by atoms with Crippen molar-refractivity contribution >= 4 is 23.3 Å². The number of rotatable bonds is 5. The standard InChI is InChI=1S/C20H25N7O2/c1-13-11-29-9-7-27(13)17-10-15(14-4-3-8-28-12-14)18(19(21)22-2)20(25-17)24-16-5-6-23-26-16/h5-6,10,13-14,21H,3-4,7-9,11-12H2,1H3,(H2,23,24,25,26)/t13-,14?/m1/s1. The van der Waals surface area contributed by atoms with Crippen molar-refractivity contribution in [2.45, 2.75) is 31.7 Å². The summed E-state index contributed by atoms with van der Waals surface area (Å²) in [7, 11) is 0. The second-order valence-electron chi connectivity index (χ2n) is 7.38. The van der Waals surface area contributed by atoms with E-state index in [0.717, 1.165) is 37.4 Å². The molecule has 9 nitrogen and oxygen atoms in total. The van der Waals surface area contributed by atoms with Crippen LogP contribution >= 0.6 is 0 Å². The molecule has 2 fully saturated rings. The van der Waals surface area contributed by atoms with Crippen molar-refractivity contribution in [3.63, 3.8) is 0 Å². The predicted molar refractivity (Wildman–Crippen MR) is 110 cm³/mol. The van der Waals surface area contributed by atoms with Crippen LogP contribution in [0.15, 0.2) is 18.3 Å². The van der Waals surface area contributed by atoms with E-state index in [4.69, 9.17) is 26.4 Å². The summed E-state index contributed by atoms with van der Waals surface area (Å²) in [5, 5.41) is 18.4. The van der Waals surface area contributed by atoms with Gasteiger partial charge in [-0.15, -0.1) is 0 Å². The lowest BCUT2D eigenvalue weighted by molar-refractivity contribution is 0.0803. The van der Waals surface area contributed by atoms with Crippen LogP contribution in [0.2, 0.25) is 0 Å². The highest BCUT2D eigenvalue weighted by Gasteiger charge is 2.28. The summed E-state index contributed by atoms with van der Waals surface area (Å²) >= 11 is 0. The van der Waals surface area contributed by atoms with E-state index < -0.39 is 0 Å². The van der Waals surface area contributed by atoms with Gasteiger partial charge in [0.1, 0.15) is 17.5 Å². The van der Waals surface area contributed by atoms with Crippen LogP contribution in [0.1, 0.15) is 36.8 Å². The molecule has 2 aromatic heterocycles. The zero-order valence-electron chi connectivity index (χ0n) is 16.4. The number of nitrogens with one attached hydrogen (secondary N) is 3. The predicted octanol–water partition coefficient (Wildman–Crippen LogP) is 2.91. The second kappa shape index (κ2) is 8.59.